The lowest BCUT2D eigenvalue weighted by molar-refractivity contribution is 0.0921. The van der Waals surface area contributed by atoms with E-state index < -0.39 is 5.60 Å². The summed E-state index contributed by atoms with van der Waals surface area (Å²) in [5.74, 6) is 0.859. The summed E-state index contributed by atoms with van der Waals surface area (Å²) in [6.45, 7) is 3.59. The Morgan fingerprint density at radius 2 is 2.11 bits per heavy atom. The van der Waals surface area contributed by atoms with Gasteiger partial charge in [0.2, 0.25) is 0 Å². The molecule has 3 N–H and O–H groups in total. The zero-order valence-corrected chi connectivity index (χ0v) is 15.8. The van der Waals surface area contributed by atoms with E-state index in [0.717, 1.165) is 11.1 Å². The van der Waals surface area contributed by atoms with Gasteiger partial charge in [0.25, 0.3) is 0 Å². The van der Waals surface area contributed by atoms with Gasteiger partial charge in [0.15, 0.2) is 0 Å². The predicted molar refractivity (Wildman–Crippen MR) is 104 cm³/mol. The number of benzene rings is 2. The Kier molecular flexibility index (Phi) is 3.88. The number of nitrogens with one attached hydrogen (secondary N) is 2. The third-order valence-electron chi connectivity index (χ3n) is 4.85. The van der Waals surface area contributed by atoms with Crippen LogP contribution >= 0.6 is 11.6 Å². The Hall–Kier alpha value is -3.01. The van der Waals surface area contributed by atoms with Crippen molar-refractivity contribution >= 4 is 33.5 Å². The lowest BCUT2D eigenvalue weighted by Crippen LogP contribution is -2.26. The minimum atomic E-state index is -1.51. The van der Waals surface area contributed by atoms with E-state index >= 15 is 0 Å². The van der Waals surface area contributed by atoms with Crippen molar-refractivity contribution in [2.75, 3.05) is 7.11 Å². The van der Waals surface area contributed by atoms with Gasteiger partial charge in [-0.1, -0.05) is 11.6 Å². The van der Waals surface area contributed by atoms with Gasteiger partial charge in [0, 0.05) is 17.1 Å². The summed E-state index contributed by atoms with van der Waals surface area (Å²) in [5.41, 5.74) is 2.65. The summed E-state index contributed by atoms with van der Waals surface area (Å²) in [6, 6.07) is 9.09. The molecular weight excluding hydrogens is 364 g/mol. The van der Waals surface area contributed by atoms with E-state index in [9.17, 15) is 5.11 Å². The quantitative estimate of drug-likeness (QED) is 0.497. The third-order valence-corrected chi connectivity index (χ3v) is 5.15. The first-order valence-electron chi connectivity index (χ1n) is 8.34. The molecule has 0 saturated heterocycles. The summed E-state index contributed by atoms with van der Waals surface area (Å²) >= 11 is 6.43. The van der Waals surface area contributed by atoms with Gasteiger partial charge in [-0.2, -0.15) is 5.26 Å². The van der Waals surface area contributed by atoms with Gasteiger partial charge < -0.3 is 19.8 Å². The first-order valence-corrected chi connectivity index (χ1v) is 8.72. The maximum absolute atomic E-state index is 11.5. The SMILES string of the molecule is COc1cc(C)c2[nH]cc(Cl)c2c1C(C)(O)c1nc2ccc(C#N)cc2[nH]1. The molecule has 0 saturated carbocycles. The molecule has 1 unspecified atom stereocenters. The van der Waals surface area contributed by atoms with Crippen LogP contribution in [0.2, 0.25) is 5.02 Å². The number of aromatic amines is 2. The van der Waals surface area contributed by atoms with Crippen molar-refractivity contribution in [2.24, 2.45) is 0 Å². The Labute approximate surface area is 160 Å². The van der Waals surface area contributed by atoms with Crippen molar-refractivity contribution in [3.8, 4) is 11.8 Å². The van der Waals surface area contributed by atoms with Crippen molar-refractivity contribution in [3.05, 3.63) is 58.0 Å². The van der Waals surface area contributed by atoms with Crippen molar-refractivity contribution in [1.82, 2.24) is 15.0 Å². The van der Waals surface area contributed by atoms with E-state index in [1.807, 2.05) is 13.0 Å². The average Bonchev–Trinajstić information content (AvgIpc) is 3.25. The van der Waals surface area contributed by atoms with E-state index in [2.05, 4.69) is 21.0 Å². The second-order valence-electron chi connectivity index (χ2n) is 6.66. The van der Waals surface area contributed by atoms with Gasteiger partial charge in [-0.05, 0) is 43.7 Å². The Morgan fingerprint density at radius 1 is 1.33 bits per heavy atom. The minimum absolute atomic E-state index is 0.341. The highest BCUT2D eigenvalue weighted by Crippen LogP contribution is 2.43. The molecule has 0 aliphatic carbocycles. The van der Waals surface area contributed by atoms with E-state index in [1.54, 1.807) is 38.4 Å². The van der Waals surface area contributed by atoms with Gasteiger partial charge in [0.05, 0.1) is 40.3 Å². The molecule has 2 heterocycles. The number of hydrogen-bond donors (Lipinski definition) is 3. The molecule has 4 aromatic rings. The highest BCUT2D eigenvalue weighted by Gasteiger charge is 2.36. The summed E-state index contributed by atoms with van der Waals surface area (Å²) in [7, 11) is 1.55. The number of halogens is 1. The van der Waals surface area contributed by atoms with Crippen LogP contribution in [0.25, 0.3) is 21.9 Å². The second-order valence-corrected chi connectivity index (χ2v) is 7.07. The molecule has 0 spiro atoms. The number of methoxy groups -OCH3 is 1. The number of ether oxygens (including phenoxy) is 1. The Bertz CT molecular complexity index is 1230. The number of imidazole rings is 1. The highest BCUT2D eigenvalue weighted by molar-refractivity contribution is 6.36. The first-order chi connectivity index (χ1) is 12.9. The van der Waals surface area contributed by atoms with Crippen molar-refractivity contribution < 1.29 is 9.84 Å². The maximum atomic E-state index is 11.5. The fraction of sp³-hybridized carbons (Fsp3) is 0.200. The van der Waals surface area contributed by atoms with Crippen molar-refractivity contribution in [3.63, 3.8) is 0 Å². The van der Waals surface area contributed by atoms with Crippen LogP contribution in [0, 0.1) is 18.3 Å². The number of hydrogen-bond acceptors (Lipinski definition) is 4. The Balaban J connectivity index is 2.01. The molecule has 7 heteroatoms. The van der Waals surface area contributed by atoms with Gasteiger partial charge in [-0.25, -0.2) is 4.98 Å². The van der Waals surface area contributed by atoms with Crippen LogP contribution in [0.15, 0.2) is 30.5 Å². The molecule has 27 heavy (non-hydrogen) atoms. The maximum Gasteiger partial charge on any atom is 0.148 e. The molecule has 0 aliphatic rings. The van der Waals surface area contributed by atoms with Crippen LogP contribution < -0.4 is 4.74 Å². The molecule has 1 atom stereocenters. The van der Waals surface area contributed by atoms with Gasteiger partial charge in [-0.3, -0.25) is 0 Å². The molecule has 0 radical (unpaired) electrons. The summed E-state index contributed by atoms with van der Waals surface area (Å²) in [5, 5.41) is 21.8. The molecular formula is C20H17ClN4O2. The summed E-state index contributed by atoms with van der Waals surface area (Å²) in [4.78, 5) is 10.8. The highest BCUT2D eigenvalue weighted by atomic mass is 35.5. The molecule has 4 rings (SSSR count). The third kappa shape index (κ3) is 2.55. The molecule has 0 bridgehead atoms. The lowest BCUT2D eigenvalue weighted by atomic mass is 9.90. The van der Waals surface area contributed by atoms with Crippen LogP contribution in [-0.2, 0) is 5.60 Å². The number of rotatable bonds is 3. The monoisotopic (exact) mass is 380 g/mol. The summed E-state index contributed by atoms with van der Waals surface area (Å²) in [6.07, 6.45) is 1.69. The zero-order valence-electron chi connectivity index (χ0n) is 15.0. The van der Waals surface area contributed by atoms with Crippen LogP contribution in [0.1, 0.15) is 29.4 Å². The van der Waals surface area contributed by atoms with Crippen LogP contribution in [0.4, 0.5) is 0 Å². The number of fused-ring (bicyclic) bond motifs is 2. The van der Waals surface area contributed by atoms with Crippen LogP contribution in [0.3, 0.4) is 0 Å². The normalized spacial score (nSPS) is 13.6. The zero-order chi connectivity index (χ0) is 19.3. The molecule has 6 nitrogen and oxygen atoms in total. The molecule has 0 amide bonds. The second kappa shape index (κ2) is 6.02. The molecule has 2 aromatic heterocycles. The number of aromatic nitrogens is 3. The first kappa shape index (κ1) is 17.4. The van der Waals surface area contributed by atoms with Gasteiger partial charge in [-0.15, -0.1) is 0 Å². The topological polar surface area (TPSA) is 97.7 Å². The molecule has 0 fully saturated rings. The van der Waals surface area contributed by atoms with E-state index in [0.29, 0.717) is 44.1 Å². The number of aliphatic hydroxyl groups is 1. The molecule has 0 aliphatic heterocycles. The van der Waals surface area contributed by atoms with E-state index in [1.165, 1.54) is 0 Å². The number of aryl methyl sites for hydroxylation is 1. The smallest absolute Gasteiger partial charge is 0.148 e. The van der Waals surface area contributed by atoms with E-state index in [-0.39, 0.29) is 0 Å². The lowest BCUT2D eigenvalue weighted by Gasteiger charge is -2.25. The van der Waals surface area contributed by atoms with Gasteiger partial charge in [0.1, 0.15) is 17.2 Å². The Morgan fingerprint density at radius 3 is 2.81 bits per heavy atom. The van der Waals surface area contributed by atoms with Gasteiger partial charge >= 0.3 is 0 Å². The number of H-pyrrole nitrogens is 2. The van der Waals surface area contributed by atoms with Crippen LogP contribution in [0.5, 0.6) is 5.75 Å². The van der Waals surface area contributed by atoms with Crippen molar-refractivity contribution in [1.29, 1.82) is 5.26 Å². The standard InChI is InChI=1S/C20H17ClN4O2/c1-10-6-15(27-3)17(16-12(21)9-23-18(10)16)20(2,26)19-24-13-5-4-11(8-22)7-14(13)25-19/h4-7,9,23,26H,1-3H3,(H,24,25). The van der Waals surface area contributed by atoms with Crippen molar-refractivity contribution in [2.45, 2.75) is 19.4 Å². The van der Waals surface area contributed by atoms with E-state index in [4.69, 9.17) is 21.6 Å². The largest absolute Gasteiger partial charge is 0.496 e. The molecule has 136 valence electrons. The number of nitrogens with zero attached hydrogens (tertiary/aromatic N) is 2. The fourth-order valence-corrected chi connectivity index (χ4v) is 3.73. The predicted octanol–water partition coefficient (Wildman–Crippen LogP) is 4.14. The minimum Gasteiger partial charge on any atom is -0.496 e. The fourth-order valence-electron chi connectivity index (χ4n) is 3.49. The average molecular weight is 381 g/mol. The van der Waals surface area contributed by atoms with Crippen LogP contribution in [-0.4, -0.2) is 27.2 Å². The number of nitriles is 1. The summed E-state index contributed by atoms with van der Waals surface area (Å²) < 4.78 is 5.56. The molecule has 2 aromatic carbocycles.